The molecule has 0 spiro atoms. The Kier molecular flexibility index (Phi) is 6.78. The number of quaternary nitrogens is 1. The van der Waals surface area contributed by atoms with E-state index in [2.05, 4.69) is 90.2 Å². The molecule has 28 heavy (non-hydrogen) atoms. The predicted molar refractivity (Wildman–Crippen MR) is 118 cm³/mol. The van der Waals surface area contributed by atoms with Crippen LogP contribution in [0.1, 0.15) is 25.6 Å². The second-order valence-corrected chi connectivity index (χ2v) is 7.34. The molecule has 0 bridgehead atoms. The number of para-hydroxylation sites is 4. The zero-order valence-electron chi connectivity index (χ0n) is 18.3. The molecule has 2 aromatic carbocycles. The van der Waals surface area contributed by atoms with Crippen molar-refractivity contribution >= 4 is 28.2 Å². The lowest BCUT2D eigenvalue weighted by Crippen LogP contribution is -3.09. The largest absolute Gasteiger partial charge is 0.358 e. The van der Waals surface area contributed by atoms with Gasteiger partial charge in [-0.3, -0.25) is 0 Å². The van der Waals surface area contributed by atoms with Gasteiger partial charge in [0.2, 0.25) is 5.69 Å². The Hall–Kier alpha value is -2.46. The molecule has 150 valence electrons. The molecule has 3 aromatic rings. The van der Waals surface area contributed by atoms with E-state index in [9.17, 15) is 0 Å². The lowest BCUT2D eigenvalue weighted by molar-refractivity contribution is -0.743. The van der Waals surface area contributed by atoms with Gasteiger partial charge in [0.25, 0.3) is 11.5 Å². The van der Waals surface area contributed by atoms with E-state index >= 15 is 0 Å². The number of benzene rings is 2. The molecule has 1 aromatic heterocycles. The van der Waals surface area contributed by atoms with E-state index < -0.39 is 0 Å². The molecule has 1 N–H and O–H groups in total. The van der Waals surface area contributed by atoms with Crippen molar-refractivity contribution in [3.8, 4) is 0 Å². The summed E-state index contributed by atoms with van der Waals surface area (Å²) in [4.78, 5) is 1.52. The molecule has 0 radical (unpaired) electrons. The molecule has 0 fully saturated rings. The Morgan fingerprint density at radius 2 is 1.57 bits per heavy atom. The van der Waals surface area contributed by atoms with E-state index in [1.54, 1.807) is 0 Å². The Morgan fingerprint density at radius 1 is 0.893 bits per heavy atom. The first-order valence-electron chi connectivity index (χ1n) is 9.56. The Balaban J connectivity index is 0.00000140. The van der Waals surface area contributed by atoms with Crippen LogP contribution in [0.4, 0.5) is 11.4 Å². The first-order chi connectivity index (χ1) is 12.6. The lowest BCUT2D eigenvalue weighted by Gasteiger charge is -2.09. The smallest absolute Gasteiger partial charge is 0.344 e. The molecule has 1 unspecified atom stereocenters. The van der Waals surface area contributed by atoms with Crippen molar-refractivity contribution in [3.05, 3.63) is 69.2 Å². The van der Waals surface area contributed by atoms with E-state index in [1.807, 2.05) is 0 Å². The highest BCUT2D eigenvalue weighted by Gasteiger charge is 2.36. The van der Waals surface area contributed by atoms with Crippen molar-refractivity contribution in [2.24, 2.45) is 7.05 Å². The summed E-state index contributed by atoms with van der Waals surface area (Å²) in [6.45, 7) is 6.70. The maximum Gasteiger partial charge on any atom is 0.344 e. The number of aryl methyl sites for hydroxylation is 2. The molecule has 0 amide bonds. The average Bonchev–Trinajstić information content (AvgIpc) is 3.06. The van der Waals surface area contributed by atoms with Crippen LogP contribution < -0.4 is 9.47 Å². The van der Waals surface area contributed by atoms with Crippen LogP contribution in [-0.2, 0) is 13.6 Å². The summed E-state index contributed by atoms with van der Waals surface area (Å²) in [5.74, 6) is 2.73. The highest BCUT2D eigenvalue weighted by Crippen LogP contribution is 2.23. The number of rotatable bonds is 5. The van der Waals surface area contributed by atoms with E-state index in [0.29, 0.717) is 0 Å². The first kappa shape index (κ1) is 21.8. The monoisotopic (exact) mass is 379 g/mol. The Labute approximate surface area is 170 Å². The molecule has 0 saturated carbocycles. The highest BCUT2D eigenvalue weighted by atomic mass is 15.3. The maximum absolute atomic E-state index is 2.46. The second kappa shape index (κ2) is 8.70. The fraction of sp³-hybridized carbons (Fsp3) is 0.333. The zero-order valence-corrected chi connectivity index (χ0v) is 18.3. The first-order valence-corrected chi connectivity index (χ1v) is 9.56. The molecule has 1 aliphatic heterocycles. The van der Waals surface area contributed by atoms with E-state index in [0.717, 1.165) is 13.1 Å². The van der Waals surface area contributed by atoms with Crippen molar-refractivity contribution in [1.29, 1.82) is 0 Å². The van der Waals surface area contributed by atoms with Gasteiger partial charge in [-0.25, -0.2) is 14.0 Å². The quantitative estimate of drug-likeness (QED) is 0.398. The van der Waals surface area contributed by atoms with Gasteiger partial charge in [0, 0.05) is 25.5 Å². The van der Waals surface area contributed by atoms with Crippen LogP contribution in [0.3, 0.4) is 0 Å². The van der Waals surface area contributed by atoms with Crippen LogP contribution >= 0.6 is 0 Å². The standard InChI is InChI=1S/C22H28N4.2CH3/c1-17-23(3)19-11-5-7-13-21(19)25(17)15-9-10-16-26-18(2)24(4)20-12-6-8-14-22(20)26;;/h5-8,11-14H,9-10,15-16H2,1-4H3;2*1H3/q+2;2*-1/p+1. The predicted octanol–water partition coefficient (Wildman–Crippen LogP) is 3.38. The summed E-state index contributed by atoms with van der Waals surface area (Å²) in [6, 6.07) is 17.5. The number of nitrogens with one attached hydrogen (secondary N) is 1. The van der Waals surface area contributed by atoms with Crippen molar-refractivity contribution in [2.45, 2.75) is 33.2 Å². The molecular formula is C24H35N4+. The summed E-state index contributed by atoms with van der Waals surface area (Å²) in [6.07, 6.45) is 2.41. The van der Waals surface area contributed by atoms with Gasteiger partial charge in [-0.1, -0.05) is 24.3 Å². The number of aromatic nitrogens is 2. The van der Waals surface area contributed by atoms with Gasteiger partial charge >= 0.3 is 5.84 Å². The SMILES string of the molecule is CC1=[N+](C)c2ccccc2[NH+]1CCCCn1c(C)[n+](C)c2ccccc21.[CH3-].[CH3-]. The minimum Gasteiger partial charge on any atom is -0.358 e. The van der Waals surface area contributed by atoms with Gasteiger partial charge in [-0.2, -0.15) is 0 Å². The molecule has 4 heteroatoms. The maximum atomic E-state index is 2.46. The van der Waals surface area contributed by atoms with Gasteiger partial charge in [-0.15, -0.1) is 4.58 Å². The third-order valence-electron chi connectivity index (χ3n) is 6.00. The van der Waals surface area contributed by atoms with Gasteiger partial charge in [0.05, 0.1) is 27.1 Å². The third-order valence-corrected chi connectivity index (χ3v) is 6.00. The molecule has 1 atom stereocenters. The van der Waals surface area contributed by atoms with Crippen molar-refractivity contribution in [1.82, 2.24) is 4.57 Å². The third kappa shape index (κ3) is 3.49. The fourth-order valence-corrected chi connectivity index (χ4v) is 4.27. The van der Waals surface area contributed by atoms with Gasteiger partial charge in [-0.05, 0) is 18.6 Å². The van der Waals surface area contributed by atoms with Crippen molar-refractivity contribution < 1.29 is 14.0 Å². The summed E-state index contributed by atoms with van der Waals surface area (Å²) in [7, 11) is 4.34. The summed E-state index contributed by atoms with van der Waals surface area (Å²) < 4.78 is 7.09. The fourth-order valence-electron chi connectivity index (χ4n) is 4.27. The number of imidazole rings is 1. The molecule has 1 aliphatic rings. The van der Waals surface area contributed by atoms with Crippen LogP contribution in [0, 0.1) is 21.8 Å². The van der Waals surface area contributed by atoms with E-state index in [1.165, 1.54) is 51.8 Å². The van der Waals surface area contributed by atoms with Crippen LogP contribution in [0.15, 0.2) is 48.5 Å². The molecule has 4 rings (SSSR count). The molecule has 0 saturated heterocycles. The lowest BCUT2D eigenvalue weighted by atomic mass is 10.2. The number of fused-ring (bicyclic) bond motifs is 2. The highest BCUT2D eigenvalue weighted by molar-refractivity contribution is 5.76. The number of hydrogen-bond donors (Lipinski definition) is 1. The van der Waals surface area contributed by atoms with Gasteiger partial charge in [0.15, 0.2) is 11.0 Å². The molecule has 4 nitrogen and oxygen atoms in total. The summed E-state index contributed by atoms with van der Waals surface area (Å²) in [5.41, 5.74) is 5.42. The molecule has 0 aliphatic carbocycles. The second-order valence-electron chi connectivity index (χ2n) is 7.34. The van der Waals surface area contributed by atoms with Crippen LogP contribution in [0.25, 0.3) is 11.0 Å². The number of hydrogen-bond acceptors (Lipinski definition) is 0. The minimum atomic E-state index is 0. The summed E-state index contributed by atoms with van der Waals surface area (Å²) >= 11 is 0. The molecule has 2 heterocycles. The van der Waals surface area contributed by atoms with E-state index in [4.69, 9.17) is 0 Å². The van der Waals surface area contributed by atoms with Crippen LogP contribution in [0.5, 0.6) is 0 Å². The van der Waals surface area contributed by atoms with Crippen molar-refractivity contribution in [2.75, 3.05) is 13.6 Å². The number of nitrogens with zero attached hydrogens (tertiary/aromatic N) is 3. The summed E-state index contributed by atoms with van der Waals surface area (Å²) in [5, 5.41) is 0. The van der Waals surface area contributed by atoms with Crippen molar-refractivity contribution in [3.63, 3.8) is 0 Å². The normalized spacial score (nSPS) is 15.4. The minimum absolute atomic E-state index is 0. The zero-order chi connectivity index (χ0) is 18.3. The van der Waals surface area contributed by atoms with E-state index in [-0.39, 0.29) is 14.9 Å². The molecular weight excluding hydrogens is 344 g/mol. The van der Waals surface area contributed by atoms with Crippen LogP contribution in [-0.4, -0.2) is 28.6 Å². The average molecular weight is 380 g/mol. The topological polar surface area (TPSA) is 16.3 Å². The van der Waals surface area contributed by atoms with Gasteiger partial charge < -0.3 is 14.9 Å². The number of amidine groups is 1. The van der Waals surface area contributed by atoms with Crippen LogP contribution in [0.2, 0.25) is 0 Å². The Morgan fingerprint density at radius 3 is 2.36 bits per heavy atom. The Bertz CT molecular complexity index is 997. The van der Waals surface area contributed by atoms with Gasteiger partial charge in [0.1, 0.15) is 7.05 Å². The number of unbranched alkanes of at least 4 members (excludes halogenated alkanes) is 1.